The van der Waals surface area contributed by atoms with Gasteiger partial charge in [0.15, 0.2) is 0 Å². The topological polar surface area (TPSA) is 32.3 Å². The van der Waals surface area contributed by atoms with Crippen molar-refractivity contribution in [3.63, 3.8) is 0 Å². The Bertz CT molecular complexity index is 307. The normalized spacial score (nSPS) is 10.6. The molecule has 0 aliphatic rings. The first-order valence-electron chi connectivity index (χ1n) is 4.94. The van der Waals surface area contributed by atoms with Gasteiger partial charge in [0.2, 0.25) is 0 Å². The van der Waals surface area contributed by atoms with E-state index in [4.69, 9.17) is 16.7 Å². The maximum atomic E-state index is 8.67. The minimum Gasteiger partial charge on any atom is -0.396 e. The molecule has 0 aliphatic heterocycles. The fourth-order valence-electron chi connectivity index (χ4n) is 1.21. The van der Waals surface area contributed by atoms with E-state index in [1.807, 2.05) is 19.2 Å². The molecule has 0 aromatic heterocycles. The van der Waals surface area contributed by atoms with Crippen molar-refractivity contribution in [2.75, 3.05) is 19.4 Å². The number of nitrogens with one attached hydrogen (secondary N) is 1. The van der Waals surface area contributed by atoms with Gasteiger partial charge in [-0.3, -0.25) is 0 Å². The first-order chi connectivity index (χ1) is 7.27. The van der Waals surface area contributed by atoms with Gasteiger partial charge in [-0.2, -0.15) is 0 Å². The molecule has 0 saturated heterocycles. The molecule has 1 aromatic carbocycles. The molecule has 1 aromatic rings. The Morgan fingerprint density at radius 2 is 2.27 bits per heavy atom. The van der Waals surface area contributed by atoms with Crippen LogP contribution in [-0.2, 0) is 6.54 Å². The van der Waals surface area contributed by atoms with E-state index in [0.29, 0.717) is 0 Å². The molecule has 0 unspecified atom stereocenters. The minimum atomic E-state index is 0.249. The van der Waals surface area contributed by atoms with E-state index in [2.05, 4.69) is 11.4 Å². The Balaban J connectivity index is 2.56. The highest BCUT2D eigenvalue weighted by Gasteiger charge is 2.01. The van der Waals surface area contributed by atoms with Crippen molar-refractivity contribution < 1.29 is 5.11 Å². The second-order valence-corrected chi connectivity index (χ2v) is 4.78. The van der Waals surface area contributed by atoms with Crippen molar-refractivity contribution in [1.82, 2.24) is 5.32 Å². The monoisotopic (exact) mass is 245 g/mol. The van der Waals surface area contributed by atoms with Crippen LogP contribution in [0.2, 0.25) is 5.02 Å². The zero-order valence-corrected chi connectivity index (χ0v) is 10.4. The highest BCUT2D eigenvalue weighted by atomic mass is 35.5. The Labute approximate surface area is 100 Å². The van der Waals surface area contributed by atoms with Crippen LogP contribution in [0.15, 0.2) is 23.1 Å². The smallest absolute Gasteiger partial charge is 0.0462 e. The predicted molar refractivity (Wildman–Crippen MR) is 66.6 cm³/mol. The van der Waals surface area contributed by atoms with Crippen molar-refractivity contribution in [3.05, 3.63) is 28.8 Å². The number of halogens is 1. The van der Waals surface area contributed by atoms with Crippen LogP contribution < -0.4 is 5.32 Å². The van der Waals surface area contributed by atoms with Crippen molar-refractivity contribution in [3.8, 4) is 0 Å². The molecule has 0 aliphatic carbocycles. The second kappa shape index (κ2) is 7.12. The highest BCUT2D eigenvalue weighted by molar-refractivity contribution is 7.99. The van der Waals surface area contributed by atoms with Crippen LogP contribution in [0.5, 0.6) is 0 Å². The largest absolute Gasteiger partial charge is 0.396 e. The summed E-state index contributed by atoms with van der Waals surface area (Å²) in [6, 6.07) is 6.09. The van der Waals surface area contributed by atoms with Crippen LogP contribution >= 0.6 is 23.4 Å². The lowest BCUT2D eigenvalue weighted by atomic mass is 10.2. The molecule has 0 fully saturated rings. The van der Waals surface area contributed by atoms with E-state index in [-0.39, 0.29) is 6.61 Å². The summed E-state index contributed by atoms with van der Waals surface area (Å²) in [6.07, 6.45) is 0.820. The Kier molecular flexibility index (Phi) is 6.10. The molecule has 0 bridgehead atoms. The van der Waals surface area contributed by atoms with Gasteiger partial charge in [0, 0.05) is 28.8 Å². The number of aliphatic hydroxyl groups excluding tert-OH is 1. The summed E-state index contributed by atoms with van der Waals surface area (Å²) >= 11 is 7.84. The fraction of sp³-hybridized carbons (Fsp3) is 0.455. The molecule has 4 heteroatoms. The van der Waals surface area contributed by atoms with E-state index in [9.17, 15) is 0 Å². The number of rotatable bonds is 6. The van der Waals surface area contributed by atoms with Crippen LogP contribution in [0, 0.1) is 0 Å². The number of aliphatic hydroxyl groups is 1. The summed E-state index contributed by atoms with van der Waals surface area (Å²) in [4.78, 5) is 1.16. The molecule has 0 atom stereocenters. The van der Waals surface area contributed by atoms with Crippen molar-refractivity contribution >= 4 is 23.4 Å². The maximum Gasteiger partial charge on any atom is 0.0462 e. The first-order valence-corrected chi connectivity index (χ1v) is 6.31. The van der Waals surface area contributed by atoms with Gasteiger partial charge in [-0.15, -0.1) is 11.8 Å². The van der Waals surface area contributed by atoms with Crippen molar-refractivity contribution in [2.45, 2.75) is 17.9 Å². The highest BCUT2D eigenvalue weighted by Crippen LogP contribution is 2.25. The summed E-state index contributed by atoms with van der Waals surface area (Å²) in [7, 11) is 1.90. The van der Waals surface area contributed by atoms with Crippen LogP contribution in [0.3, 0.4) is 0 Å². The molecular weight excluding hydrogens is 230 g/mol. The van der Waals surface area contributed by atoms with Crippen LogP contribution in [0.4, 0.5) is 0 Å². The number of hydrogen-bond acceptors (Lipinski definition) is 3. The van der Waals surface area contributed by atoms with Crippen LogP contribution in [0.1, 0.15) is 12.0 Å². The SMILES string of the molecule is CNCc1ccc(SCCCO)cc1Cl. The number of benzene rings is 1. The second-order valence-electron chi connectivity index (χ2n) is 3.21. The standard InChI is InChI=1S/C11H16ClNOS/c1-13-8-9-3-4-10(7-11(9)12)15-6-2-5-14/h3-4,7,13-14H,2,5-6,8H2,1H3. The van der Waals surface area contributed by atoms with Gasteiger partial charge in [-0.1, -0.05) is 17.7 Å². The first kappa shape index (κ1) is 12.8. The van der Waals surface area contributed by atoms with Gasteiger partial charge >= 0.3 is 0 Å². The van der Waals surface area contributed by atoms with Gasteiger partial charge in [0.05, 0.1) is 0 Å². The fourth-order valence-corrected chi connectivity index (χ4v) is 2.39. The van der Waals surface area contributed by atoms with Gasteiger partial charge in [-0.05, 0) is 31.2 Å². The molecular formula is C11H16ClNOS. The van der Waals surface area contributed by atoms with E-state index >= 15 is 0 Å². The molecule has 84 valence electrons. The molecule has 1 rings (SSSR count). The molecule has 0 radical (unpaired) electrons. The third-order valence-electron chi connectivity index (χ3n) is 1.96. The molecule has 15 heavy (non-hydrogen) atoms. The Morgan fingerprint density at radius 1 is 1.47 bits per heavy atom. The zero-order valence-electron chi connectivity index (χ0n) is 8.79. The van der Waals surface area contributed by atoms with Crippen LogP contribution in [0.25, 0.3) is 0 Å². The third-order valence-corrected chi connectivity index (χ3v) is 3.39. The summed E-state index contributed by atoms with van der Waals surface area (Å²) in [5.74, 6) is 0.929. The summed E-state index contributed by atoms with van der Waals surface area (Å²) in [6.45, 7) is 1.04. The quantitative estimate of drug-likeness (QED) is 0.597. The molecule has 2 nitrogen and oxygen atoms in total. The molecule has 0 spiro atoms. The summed E-state index contributed by atoms with van der Waals surface area (Å²) < 4.78 is 0. The summed E-state index contributed by atoms with van der Waals surface area (Å²) in [5.41, 5.74) is 1.12. The van der Waals surface area contributed by atoms with Crippen LogP contribution in [-0.4, -0.2) is 24.5 Å². The Morgan fingerprint density at radius 3 is 2.87 bits per heavy atom. The lowest BCUT2D eigenvalue weighted by Crippen LogP contribution is -2.05. The number of thioether (sulfide) groups is 1. The van der Waals surface area contributed by atoms with Crippen molar-refractivity contribution in [1.29, 1.82) is 0 Å². The Hall–Kier alpha value is -0.220. The average molecular weight is 246 g/mol. The molecule has 0 amide bonds. The van der Waals surface area contributed by atoms with E-state index in [1.54, 1.807) is 11.8 Å². The van der Waals surface area contributed by atoms with Gasteiger partial charge in [0.25, 0.3) is 0 Å². The van der Waals surface area contributed by atoms with E-state index in [0.717, 1.165) is 34.2 Å². The number of hydrogen-bond donors (Lipinski definition) is 2. The van der Waals surface area contributed by atoms with Gasteiger partial charge < -0.3 is 10.4 Å². The molecule has 2 N–H and O–H groups in total. The average Bonchev–Trinajstić information content (AvgIpc) is 2.23. The van der Waals surface area contributed by atoms with E-state index in [1.165, 1.54) is 0 Å². The maximum absolute atomic E-state index is 8.67. The molecule has 0 saturated carbocycles. The third kappa shape index (κ3) is 4.43. The van der Waals surface area contributed by atoms with Gasteiger partial charge in [-0.25, -0.2) is 0 Å². The minimum absolute atomic E-state index is 0.249. The van der Waals surface area contributed by atoms with E-state index < -0.39 is 0 Å². The zero-order chi connectivity index (χ0) is 11.1. The lowest BCUT2D eigenvalue weighted by molar-refractivity contribution is 0.296. The molecule has 0 heterocycles. The van der Waals surface area contributed by atoms with Gasteiger partial charge in [0.1, 0.15) is 0 Å². The van der Waals surface area contributed by atoms with Crippen molar-refractivity contribution in [2.24, 2.45) is 0 Å². The predicted octanol–water partition coefficient (Wildman–Crippen LogP) is 2.53. The summed E-state index contributed by atoms with van der Waals surface area (Å²) in [5, 5.41) is 12.5. The lowest BCUT2D eigenvalue weighted by Gasteiger charge is -2.06.